The van der Waals surface area contributed by atoms with Gasteiger partial charge in [0.05, 0.1) is 6.26 Å². The summed E-state index contributed by atoms with van der Waals surface area (Å²) in [5.41, 5.74) is 0.574. The molecule has 0 saturated carbocycles. The molecule has 2 rings (SSSR count). The summed E-state index contributed by atoms with van der Waals surface area (Å²) in [5.74, 6) is -2.97. The third-order valence-electron chi connectivity index (χ3n) is 2.32. The molecule has 0 atom stereocenters. The molecule has 0 spiro atoms. The Bertz CT molecular complexity index is 484. The number of rotatable bonds is 4. The average Bonchev–Trinajstić information content (AvgIpc) is 2.73. The monoisotopic (exact) mass is 326 g/mol. The quantitative estimate of drug-likeness (QED) is 0.689. The van der Waals surface area contributed by atoms with Crippen LogP contribution in [0.25, 0.3) is 11.0 Å². The Morgan fingerprint density at radius 3 is 2.82 bits per heavy atom. The van der Waals surface area contributed by atoms with Crippen molar-refractivity contribution in [2.45, 2.75) is 12.8 Å². The Morgan fingerprint density at radius 1 is 1.35 bits per heavy atom. The van der Waals surface area contributed by atoms with Crippen LogP contribution in [-0.2, 0) is 25.4 Å². The number of fused-ring (bicyclic) bond motifs is 1. The molecular weight excluding hydrogens is 313 g/mol. The Morgan fingerprint density at radius 2 is 2.12 bits per heavy atom. The third-order valence-corrected chi connectivity index (χ3v) is 2.32. The van der Waals surface area contributed by atoms with E-state index < -0.39 is 5.92 Å². The van der Waals surface area contributed by atoms with Gasteiger partial charge in [0, 0.05) is 5.39 Å². The van der Waals surface area contributed by atoms with Gasteiger partial charge in [-0.1, -0.05) is 13.0 Å². The summed E-state index contributed by atoms with van der Waals surface area (Å²) in [7, 11) is 0. The molecule has 0 aliphatic rings. The zero-order chi connectivity index (χ0) is 11.6. The number of benzene rings is 1. The molecule has 2 aromatic rings. The molecule has 0 fully saturated rings. The van der Waals surface area contributed by atoms with Crippen LogP contribution in [0.4, 0.5) is 8.78 Å². The Balaban J connectivity index is 0.00000144. The maximum Gasteiger partial charge on any atom is 1.00 e. The first-order valence-corrected chi connectivity index (χ1v) is 5.07. The molecule has 1 heterocycles. The molecule has 1 N–H and O–H groups in total. The van der Waals surface area contributed by atoms with E-state index in [2.05, 4.69) is 5.32 Å². The molecule has 0 unspecified atom stereocenters. The van der Waals surface area contributed by atoms with Crippen molar-refractivity contribution < 1.29 is 32.7 Å². The third kappa shape index (κ3) is 3.11. The fourth-order valence-corrected chi connectivity index (χ4v) is 1.49. The fraction of sp³-hybridized carbons (Fsp3) is 0.250. The smallest absolute Gasteiger partial charge is 0.464 e. The van der Waals surface area contributed by atoms with Gasteiger partial charge in [-0.2, -0.15) is 6.54 Å². The summed E-state index contributed by atoms with van der Waals surface area (Å²) in [6, 6.07) is 6.03. The van der Waals surface area contributed by atoms with E-state index in [1.54, 1.807) is 19.1 Å². The van der Waals surface area contributed by atoms with Gasteiger partial charge < -0.3 is 9.73 Å². The van der Waals surface area contributed by atoms with Crippen LogP contribution in [0.5, 0.6) is 0 Å². The summed E-state index contributed by atoms with van der Waals surface area (Å²) < 4.78 is 32.4. The second-order valence-electron chi connectivity index (χ2n) is 3.50. The minimum atomic E-state index is -2.97. The van der Waals surface area contributed by atoms with Crippen molar-refractivity contribution in [1.82, 2.24) is 5.32 Å². The van der Waals surface area contributed by atoms with E-state index in [9.17, 15) is 8.78 Å². The average molecular weight is 325 g/mol. The number of nitrogens with one attached hydrogen (secondary N) is 1. The molecule has 0 aliphatic heterocycles. The minimum Gasteiger partial charge on any atom is -0.464 e. The van der Waals surface area contributed by atoms with Gasteiger partial charge in [0.1, 0.15) is 5.58 Å². The van der Waals surface area contributed by atoms with Gasteiger partial charge in [-0.25, -0.2) is 8.78 Å². The van der Waals surface area contributed by atoms with Crippen LogP contribution in [0.1, 0.15) is 12.5 Å². The number of alkyl halides is 2. The van der Waals surface area contributed by atoms with E-state index in [-0.39, 0.29) is 25.0 Å². The fourth-order valence-electron chi connectivity index (χ4n) is 1.49. The Kier molecular flexibility index (Phi) is 4.78. The van der Waals surface area contributed by atoms with Gasteiger partial charge >= 0.3 is 19.5 Å². The van der Waals surface area contributed by atoms with Gasteiger partial charge in [0.2, 0.25) is 0 Å². The maximum atomic E-state index is 13.6. The molecule has 1 radical (unpaired) electrons. The zero-order valence-corrected chi connectivity index (χ0v) is 10.9. The molecule has 17 heavy (non-hydrogen) atoms. The van der Waals surface area contributed by atoms with E-state index in [0.29, 0.717) is 17.5 Å². The second kappa shape index (κ2) is 5.70. The summed E-state index contributed by atoms with van der Waals surface area (Å²) in [5, 5.41) is 3.21. The van der Waals surface area contributed by atoms with Crippen LogP contribution in [0, 0.1) is 6.54 Å². The van der Waals surface area contributed by atoms with E-state index in [1.165, 1.54) is 18.4 Å². The maximum absolute atomic E-state index is 13.6. The van der Waals surface area contributed by atoms with Crippen LogP contribution in [0.15, 0.2) is 34.9 Å². The first-order chi connectivity index (χ1) is 7.63. The van der Waals surface area contributed by atoms with Gasteiger partial charge in [0.15, 0.2) is 5.92 Å². The molecule has 1 aromatic heterocycles. The van der Waals surface area contributed by atoms with Crippen LogP contribution in [0.3, 0.4) is 0 Å². The van der Waals surface area contributed by atoms with Gasteiger partial charge in [-0.15, -0.1) is 0 Å². The normalized spacial score (nSPS) is 11.5. The number of hydrogen-bond donors (Lipinski definition) is 1. The first kappa shape index (κ1) is 14.3. The number of furan rings is 1. The van der Waals surface area contributed by atoms with E-state index in [4.69, 9.17) is 4.42 Å². The van der Waals surface area contributed by atoms with Crippen molar-refractivity contribution in [3.05, 3.63) is 42.6 Å². The summed E-state index contributed by atoms with van der Waals surface area (Å²) in [4.78, 5) is 0. The molecule has 2 nitrogen and oxygen atoms in total. The number of halogens is 2. The van der Waals surface area contributed by atoms with Crippen LogP contribution < -0.4 is 5.32 Å². The largest absolute Gasteiger partial charge is 1.00 e. The van der Waals surface area contributed by atoms with E-state index >= 15 is 0 Å². The molecule has 5 heteroatoms. The van der Waals surface area contributed by atoms with Crippen LogP contribution in [-0.4, -0.2) is 6.54 Å². The van der Waals surface area contributed by atoms with Gasteiger partial charge in [-0.05, 0) is 30.3 Å². The number of hydrogen-bond acceptors (Lipinski definition) is 2. The molecule has 0 aliphatic carbocycles. The molecule has 1 aromatic carbocycles. The van der Waals surface area contributed by atoms with Crippen molar-refractivity contribution in [1.29, 1.82) is 0 Å². The van der Waals surface area contributed by atoms with E-state index in [1.807, 2.05) is 0 Å². The van der Waals surface area contributed by atoms with Crippen molar-refractivity contribution in [3.63, 3.8) is 0 Å². The molecule has 93 valence electrons. The Labute approximate surface area is 111 Å². The van der Waals surface area contributed by atoms with Gasteiger partial charge in [-0.3, -0.25) is 0 Å². The molecule has 0 amide bonds. The van der Waals surface area contributed by atoms with Crippen molar-refractivity contribution >= 4 is 11.0 Å². The summed E-state index contributed by atoms with van der Waals surface area (Å²) in [6.45, 7) is 3.06. The molecule has 0 saturated heterocycles. The van der Waals surface area contributed by atoms with Crippen molar-refractivity contribution in [2.24, 2.45) is 0 Å². The zero-order valence-electron chi connectivity index (χ0n) is 9.19. The molecule has 0 bridgehead atoms. The van der Waals surface area contributed by atoms with Crippen LogP contribution >= 0.6 is 0 Å². The predicted molar refractivity (Wildman–Crippen MR) is 58.1 cm³/mol. The number of likely N-dealkylation sites (N-methyl/N-ethyl adjacent to an activating group) is 1. The van der Waals surface area contributed by atoms with Crippen LogP contribution in [0.2, 0.25) is 0 Å². The predicted octanol–water partition coefficient (Wildman–Crippen LogP) is 3.29. The minimum absolute atomic E-state index is 0. The Hall–Kier alpha value is -0.797. The van der Waals surface area contributed by atoms with Crippen molar-refractivity contribution in [2.75, 3.05) is 6.54 Å². The summed E-state index contributed by atoms with van der Waals surface area (Å²) in [6.07, 6.45) is 1.49. The van der Waals surface area contributed by atoms with Crippen molar-refractivity contribution in [3.8, 4) is 0 Å². The van der Waals surface area contributed by atoms with E-state index in [0.717, 1.165) is 6.54 Å². The summed E-state index contributed by atoms with van der Waals surface area (Å²) >= 11 is 0. The SMILES string of the molecule is CCN[CH-]C(F)(F)c1ccc2occc2c1.[Ru+]. The van der Waals surface area contributed by atoms with Gasteiger partial charge in [0.25, 0.3) is 0 Å². The first-order valence-electron chi connectivity index (χ1n) is 5.07. The standard InChI is InChI=1S/C12H12F2NO.Ru/c1-2-15-8-12(13,14)10-3-4-11-9(7-10)5-6-16-11;/h3-8,15H,2H2,1H3;/q-1;+1. The molecular formula is C12H12F2NORu. The topological polar surface area (TPSA) is 25.2 Å². The second-order valence-corrected chi connectivity index (χ2v) is 3.50.